The fourth-order valence-electron chi connectivity index (χ4n) is 0.837. The molecule has 0 radical (unpaired) electrons. The largest absolute Gasteiger partial charge is 0.478 e. The molecule has 0 amide bonds. The Morgan fingerprint density at radius 2 is 1.36 bits per heavy atom. The van der Waals surface area contributed by atoms with E-state index in [4.69, 9.17) is 10.2 Å². The average Bonchev–Trinajstić information content (AvgIpc) is 2.03. The lowest BCUT2D eigenvalue weighted by Crippen LogP contribution is -2.03. The minimum atomic E-state index is -1.36. The Bertz CT molecular complexity index is 345. The number of carboxylic acids is 2. The van der Waals surface area contributed by atoms with Gasteiger partial charge in [0, 0.05) is 0 Å². The highest BCUT2D eigenvalue weighted by atomic mass is 35.5. The SMILES string of the molecule is Cl.O=C(O)c1cc(F)cc(C(=O)O)c1. The highest BCUT2D eigenvalue weighted by Crippen LogP contribution is 2.09. The Balaban J connectivity index is 0.00000169. The first-order valence-corrected chi connectivity index (χ1v) is 3.28. The van der Waals surface area contributed by atoms with Crippen molar-refractivity contribution < 1.29 is 24.2 Å². The molecule has 0 aromatic heterocycles. The van der Waals surface area contributed by atoms with E-state index in [0.29, 0.717) is 0 Å². The normalized spacial score (nSPS) is 8.93. The number of hydrogen-bond acceptors (Lipinski definition) is 2. The summed E-state index contributed by atoms with van der Waals surface area (Å²) in [6.07, 6.45) is 0. The molecule has 0 bridgehead atoms. The van der Waals surface area contributed by atoms with E-state index in [2.05, 4.69) is 0 Å². The second-order valence-electron chi connectivity index (χ2n) is 2.34. The molecule has 0 saturated carbocycles. The smallest absolute Gasteiger partial charge is 0.335 e. The molecule has 0 aliphatic rings. The van der Waals surface area contributed by atoms with E-state index in [9.17, 15) is 14.0 Å². The molecule has 2 N–H and O–H groups in total. The van der Waals surface area contributed by atoms with Gasteiger partial charge in [0.1, 0.15) is 5.82 Å². The third-order valence-electron chi connectivity index (χ3n) is 1.39. The van der Waals surface area contributed by atoms with E-state index in [1.54, 1.807) is 0 Å². The number of hydrogen-bond donors (Lipinski definition) is 2. The number of rotatable bonds is 2. The predicted octanol–water partition coefficient (Wildman–Crippen LogP) is 1.64. The average molecular weight is 221 g/mol. The summed E-state index contributed by atoms with van der Waals surface area (Å²) in [4.78, 5) is 20.7. The number of benzene rings is 1. The molecule has 0 fully saturated rings. The third-order valence-corrected chi connectivity index (χ3v) is 1.39. The summed E-state index contributed by atoms with van der Waals surface area (Å²) in [5.74, 6) is -3.60. The van der Waals surface area contributed by atoms with Crippen molar-refractivity contribution in [1.82, 2.24) is 0 Å². The summed E-state index contributed by atoms with van der Waals surface area (Å²) >= 11 is 0. The van der Waals surface area contributed by atoms with Gasteiger partial charge >= 0.3 is 11.9 Å². The van der Waals surface area contributed by atoms with Gasteiger partial charge in [-0.25, -0.2) is 14.0 Å². The number of halogens is 2. The fraction of sp³-hybridized carbons (Fsp3) is 0. The quantitative estimate of drug-likeness (QED) is 0.795. The Labute approximate surface area is 84.4 Å². The van der Waals surface area contributed by atoms with E-state index in [1.165, 1.54) is 0 Å². The first kappa shape index (κ1) is 12.4. The van der Waals surface area contributed by atoms with E-state index in [0.717, 1.165) is 18.2 Å². The molecule has 0 unspecified atom stereocenters. The summed E-state index contributed by atoms with van der Waals surface area (Å²) in [5, 5.41) is 16.9. The van der Waals surface area contributed by atoms with E-state index < -0.39 is 17.8 Å². The van der Waals surface area contributed by atoms with Gasteiger partial charge in [0.25, 0.3) is 0 Å². The zero-order chi connectivity index (χ0) is 10.0. The van der Waals surface area contributed by atoms with Crippen LogP contribution in [-0.4, -0.2) is 22.2 Å². The molecule has 0 aliphatic carbocycles. The van der Waals surface area contributed by atoms with Crippen molar-refractivity contribution in [2.24, 2.45) is 0 Å². The first-order valence-electron chi connectivity index (χ1n) is 3.28. The molecule has 0 heterocycles. The fourth-order valence-corrected chi connectivity index (χ4v) is 0.837. The van der Waals surface area contributed by atoms with Crippen LogP contribution in [0.15, 0.2) is 18.2 Å². The molecule has 0 atom stereocenters. The third kappa shape index (κ3) is 2.70. The van der Waals surface area contributed by atoms with Crippen molar-refractivity contribution in [1.29, 1.82) is 0 Å². The molecule has 0 aliphatic heterocycles. The lowest BCUT2D eigenvalue weighted by Gasteiger charge is -1.97. The molecule has 1 aromatic carbocycles. The second-order valence-corrected chi connectivity index (χ2v) is 2.34. The molecule has 14 heavy (non-hydrogen) atoms. The van der Waals surface area contributed by atoms with Gasteiger partial charge in [-0.3, -0.25) is 0 Å². The van der Waals surface area contributed by atoms with Gasteiger partial charge < -0.3 is 10.2 Å². The van der Waals surface area contributed by atoms with Gasteiger partial charge in [-0.1, -0.05) is 0 Å². The number of carboxylic acid groups (broad SMARTS) is 2. The van der Waals surface area contributed by atoms with Crippen LogP contribution in [0.5, 0.6) is 0 Å². The van der Waals surface area contributed by atoms with Crippen molar-refractivity contribution in [3.05, 3.63) is 35.1 Å². The van der Waals surface area contributed by atoms with Gasteiger partial charge in [0.05, 0.1) is 11.1 Å². The summed E-state index contributed by atoms with van der Waals surface area (Å²) in [6, 6.07) is 2.41. The molecule has 0 saturated heterocycles. The lowest BCUT2D eigenvalue weighted by molar-refractivity contribution is 0.0696. The molecule has 1 rings (SSSR count). The van der Waals surface area contributed by atoms with E-state index in [-0.39, 0.29) is 23.5 Å². The highest BCUT2D eigenvalue weighted by molar-refractivity contribution is 5.93. The topological polar surface area (TPSA) is 74.6 Å². The summed E-state index contributed by atoms with van der Waals surface area (Å²) in [6.45, 7) is 0. The highest BCUT2D eigenvalue weighted by Gasteiger charge is 2.10. The Morgan fingerprint density at radius 1 is 1.00 bits per heavy atom. The first-order chi connectivity index (χ1) is 6.00. The zero-order valence-electron chi connectivity index (χ0n) is 6.73. The Hall–Kier alpha value is -1.62. The molecule has 76 valence electrons. The molecular weight excluding hydrogens is 215 g/mol. The number of carbonyl (C=O) groups is 2. The van der Waals surface area contributed by atoms with Gasteiger partial charge in [0.15, 0.2) is 0 Å². The monoisotopic (exact) mass is 220 g/mol. The van der Waals surface area contributed by atoms with Crippen molar-refractivity contribution >= 4 is 24.3 Å². The summed E-state index contributed by atoms with van der Waals surface area (Å²) < 4.78 is 12.6. The minimum Gasteiger partial charge on any atom is -0.478 e. The molecule has 0 spiro atoms. The number of aromatic carboxylic acids is 2. The van der Waals surface area contributed by atoms with Crippen molar-refractivity contribution in [2.75, 3.05) is 0 Å². The van der Waals surface area contributed by atoms with Crippen LogP contribution < -0.4 is 0 Å². The summed E-state index contributed by atoms with van der Waals surface area (Å²) in [5.41, 5.74) is -0.755. The standard InChI is InChI=1S/C8H5FO4.ClH/c9-6-2-4(7(10)11)1-5(3-6)8(12)13;/h1-3H,(H,10,11)(H,12,13);1H. The van der Waals surface area contributed by atoms with Crippen LogP contribution >= 0.6 is 12.4 Å². The Morgan fingerprint density at radius 3 is 1.64 bits per heavy atom. The molecular formula is C8H6ClFO4. The zero-order valence-corrected chi connectivity index (χ0v) is 7.55. The maximum atomic E-state index is 12.6. The van der Waals surface area contributed by atoms with Crippen LogP contribution in [0, 0.1) is 5.82 Å². The molecule has 1 aromatic rings. The minimum absolute atomic E-state index is 0. The van der Waals surface area contributed by atoms with Crippen molar-refractivity contribution in [2.45, 2.75) is 0 Å². The van der Waals surface area contributed by atoms with Gasteiger partial charge in [0.2, 0.25) is 0 Å². The van der Waals surface area contributed by atoms with Crippen LogP contribution in [0.3, 0.4) is 0 Å². The predicted molar refractivity (Wildman–Crippen MR) is 47.6 cm³/mol. The molecule has 6 heteroatoms. The van der Waals surface area contributed by atoms with Crippen LogP contribution in [0.1, 0.15) is 20.7 Å². The van der Waals surface area contributed by atoms with Crippen LogP contribution in [0.2, 0.25) is 0 Å². The lowest BCUT2D eigenvalue weighted by atomic mass is 10.1. The van der Waals surface area contributed by atoms with Crippen LogP contribution in [-0.2, 0) is 0 Å². The van der Waals surface area contributed by atoms with Crippen molar-refractivity contribution in [3.8, 4) is 0 Å². The van der Waals surface area contributed by atoms with E-state index in [1.807, 2.05) is 0 Å². The van der Waals surface area contributed by atoms with Crippen LogP contribution in [0.25, 0.3) is 0 Å². The van der Waals surface area contributed by atoms with E-state index >= 15 is 0 Å². The maximum absolute atomic E-state index is 12.6. The second kappa shape index (κ2) is 4.57. The van der Waals surface area contributed by atoms with Gasteiger partial charge in [-0.2, -0.15) is 0 Å². The van der Waals surface area contributed by atoms with Crippen LogP contribution in [0.4, 0.5) is 4.39 Å². The summed E-state index contributed by atoms with van der Waals surface area (Å²) in [7, 11) is 0. The molecule has 4 nitrogen and oxygen atoms in total. The van der Waals surface area contributed by atoms with Gasteiger partial charge in [-0.15, -0.1) is 12.4 Å². The Kier molecular flexibility index (Phi) is 4.04. The van der Waals surface area contributed by atoms with Gasteiger partial charge in [-0.05, 0) is 18.2 Å². The maximum Gasteiger partial charge on any atom is 0.335 e. The van der Waals surface area contributed by atoms with Crippen molar-refractivity contribution in [3.63, 3.8) is 0 Å².